The van der Waals surface area contributed by atoms with E-state index in [-0.39, 0.29) is 18.1 Å². The van der Waals surface area contributed by atoms with Gasteiger partial charge in [-0.05, 0) is 56.2 Å². The van der Waals surface area contributed by atoms with Crippen LogP contribution in [-0.2, 0) is 29.7 Å². The summed E-state index contributed by atoms with van der Waals surface area (Å²) in [5.74, 6) is 1.58. The molecule has 212 valence electrons. The van der Waals surface area contributed by atoms with E-state index < -0.39 is 5.60 Å². The molecule has 0 unspecified atom stereocenters. The Morgan fingerprint density at radius 3 is 2.23 bits per heavy atom. The molecule has 10 nitrogen and oxygen atoms in total. The zero-order chi connectivity index (χ0) is 29.0. The van der Waals surface area contributed by atoms with Crippen molar-refractivity contribution in [2.24, 2.45) is 7.05 Å². The van der Waals surface area contributed by atoms with Crippen LogP contribution in [0, 0.1) is 0 Å². The average molecular weight is 549 g/mol. The first-order valence-electron chi connectivity index (χ1n) is 12.9. The fraction of sp³-hybridized carbons (Fsp3) is 0.367. The molecule has 0 amide bonds. The zero-order valence-electron chi connectivity index (χ0n) is 24.0. The first-order valence-corrected chi connectivity index (χ1v) is 12.9. The highest BCUT2D eigenvalue weighted by Gasteiger charge is 2.20. The molecule has 1 N–H and O–H groups in total. The summed E-state index contributed by atoms with van der Waals surface area (Å²) in [5, 5.41) is 8.39. The van der Waals surface area contributed by atoms with Gasteiger partial charge in [0, 0.05) is 36.3 Å². The number of benzene rings is 2. The summed E-state index contributed by atoms with van der Waals surface area (Å²) in [6.07, 6.45) is 3.50. The number of hydrogen-bond donors (Lipinski definition) is 1. The summed E-state index contributed by atoms with van der Waals surface area (Å²) < 4.78 is 25.3. The number of pyridine rings is 1. The molecule has 0 spiro atoms. The summed E-state index contributed by atoms with van der Waals surface area (Å²) in [7, 11) is 6.51. The van der Waals surface area contributed by atoms with Crippen molar-refractivity contribution >= 4 is 16.9 Å². The summed E-state index contributed by atoms with van der Waals surface area (Å²) in [4.78, 5) is 25.4. The van der Waals surface area contributed by atoms with Crippen LogP contribution < -0.4 is 25.1 Å². The van der Waals surface area contributed by atoms with Crippen LogP contribution in [0.3, 0.4) is 0 Å². The molecule has 2 aromatic carbocycles. The number of aryl methyl sites for hydroxylation is 1. The minimum atomic E-state index is -0.556. The fourth-order valence-electron chi connectivity index (χ4n) is 4.53. The normalized spacial score (nSPS) is 11.5. The maximum absolute atomic E-state index is 13.2. The second kappa shape index (κ2) is 11.8. The number of nitrogens with zero attached hydrogens (tertiary/aromatic N) is 3. The van der Waals surface area contributed by atoms with Crippen LogP contribution in [0.1, 0.15) is 31.9 Å². The number of ether oxygens (including phenoxy) is 4. The number of aromatic nitrogens is 3. The minimum Gasteiger partial charge on any atom is -0.497 e. The molecule has 0 aliphatic rings. The molecule has 0 saturated carbocycles. The molecule has 0 bridgehead atoms. The highest BCUT2D eigenvalue weighted by Crippen LogP contribution is 2.37. The van der Waals surface area contributed by atoms with Crippen molar-refractivity contribution in [3.8, 4) is 28.4 Å². The predicted molar refractivity (Wildman–Crippen MR) is 153 cm³/mol. The molecular formula is C30H36N4O6. The Hall–Kier alpha value is -4.31. The molecule has 0 saturated heterocycles. The van der Waals surface area contributed by atoms with Gasteiger partial charge in [-0.25, -0.2) is 0 Å². The van der Waals surface area contributed by atoms with Gasteiger partial charge in [0.2, 0.25) is 0 Å². The van der Waals surface area contributed by atoms with Gasteiger partial charge in [-0.3, -0.25) is 14.3 Å². The van der Waals surface area contributed by atoms with E-state index in [0.29, 0.717) is 30.1 Å². The number of hydrogen-bond acceptors (Lipinski definition) is 8. The minimum absolute atomic E-state index is 0.0418. The van der Waals surface area contributed by atoms with Gasteiger partial charge in [0.15, 0.2) is 0 Å². The molecule has 0 aliphatic heterocycles. The Balaban J connectivity index is 1.69. The SMILES string of the molecule is COc1ccc(Cn2ncc3c(-c4cc(OC)c(CNCC(=O)OC(C)(C)C)c(OC)c4)cn(C)c(=O)c32)cc1. The van der Waals surface area contributed by atoms with Crippen LogP contribution in [0.15, 0.2) is 53.6 Å². The number of carbonyl (C=O) groups is 1. The number of nitrogens with one attached hydrogen (secondary N) is 1. The van der Waals surface area contributed by atoms with Gasteiger partial charge in [-0.1, -0.05) is 12.1 Å². The fourth-order valence-corrected chi connectivity index (χ4v) is 4.53. The lowest BCUT2D eigenvalue weighted by atomic mass is 10.0. The third-order valence-electron chi connectivity index (χ3n) is 6.38. The van der Waals surface area contributed by atoms with Crippen molar-refractivity contribution in [3.05, 3.63) is 70.3 Å². The predicted octanol–water partition coefficient (Wildman–Crippen LogP) is 3.91. The quantitative estimate of drug-likeness (QED) is 0.298. The lowest BCUT2D eigenvalue weighted by Crippen LogP contribution is -2.31. The van der Waals surface area contributed by atoms with Crippen molar-refractivity contribution in [1.29, 1.82) is 0 Å². The Morgan fingerprint density at radius 1 is 1.00 bits per heavy atom. The number of fused-ring (bicyclic) bond motifs is 1. The van der Waals surface area contributed by atoms with E-state index in [1.807, 2.05) is 57.2 Å². The molecule has 4 rings (SSSR count). The summed E-state index contributed by atoms with van der Waals surface area (Å²) in [6, 6.07) is 11.5. The molecule has 40 heavy (non-hydrogen) atoms. The molecule has 10 heteroatoms. The number of rotatable bonds is 10. The Kier molecular flexibility index (Phi) is 8.49. The molecule has 0 radical (unpaired) electrons. The van der Waals surface area contributed by atoms with Crippen LogP contribution >= 0.6 is 0 Å². The third-order valence-corrected chi connectivity index (χ3v) is 6.38. The summed E-state index contributed by atoms with van der Waals surface area (Å²) in [6.45, 7) is 6.29. The topological polar surface area (TPSA) is 106 Å². The smallest absolute Gasteiger partial charge is 0.320 e. The molecule has 0 aliphatic carbocycles. The van der Waals surface area contributed by atoms with Gasteiger partial charge >= 0.3 is 5.97 Å². The van der Waals surface area contributed by atoms with E-state index in [1.165, 1.54) is 0 Å². The van der Waals surface area contributed by atoms with Crippen LogP contribution in [0.5, 0.6) is 17.2 Å². The van der Waals surface area contributed by atoms with Crippen molar-refractivity contribution < 1.29 is 23.7 Å². The third kappa shape index (κ3) is 6.28. The van der Waals surface area contributed by atoms with Gasteiger partial charge in [0.1, 0.15) is 28.4 Å². The van der Waals surface area contributed by atoms with Gasteiger partial charge in [-0.2, -0.15) is 5.10 Å². The molecule has 2 aromatic heterocycles. The van der Waals surface area contributed by atoms with Crippen LogP contribution in [-0.4, -0.2) is 53.8 Å². The van der Waals surface area contributed by atoms with Crippen molar-refractivity contribution in [2.75, 3.05) is 27.9 Å². The second-order valence-electron chi connectivity index (χ2n) is 10.4. The van der Waals surface area contributed by atoms with E-state index >= 15 is 0 Å². The maximum atomic E-state index is 13.2. The maximum Gasteiger partial charge on any atom is 0.320 e. The van der Waals surface area contributed by atoms with Crippen molar-refractivity contribution in [1.82, 2.24) is 19.7 Å². The highest BCUT2D eigenvalue weighted by molar-refractivity contribution is 5.94. The largest absolute Gasteiger partial charge is 0.497 e. The van der Waals surface area contributed by atoms with E-state index in [1.54, 1.807) is 50.0 Å². The summed E-state index contributed by atoms with van der Waals surface area (Å²) in [5.41, 5.74) is 3.15. The van der Waals surface area contributed by atoms with Gasteiger partial charge in [0.25, 0.3) is 5.56 Å². The molecule has 0 fully saturated rings. The lowest BCUT2D eigenvalue weighted by molar-refractivity contribution is -0.153. The monoisotopic (exact) mass is 548 g/mol. The Morgan fingerprint density at radius 2 is 1.65 bits per heavy atom. The number of esters is 1. The molecule has 4 aromatic rings. The molecule has 0 atom stereocenters. The highest BCUT2D eigenvalue weighted by atomic mass is 16.6. The lowest BCUT2D eigenvalue weighted by Gasteiger charge is -2.20. The Bertz CT molecular complexity index is 1540. The average Bonchev–Trinajstić information content (AvgIpc) is 3.33. The van der Waals surface area contributed by atoms with E-state index in [9.17, 15) is 9.59 Å². The first kappa shape index (κ1) is 28.7. The first-order chi connectivity index (χ1) is 19.0. The van der Waals surface area contributed by atoms with Gasteiger partial charge in [-0.15, -0.1) is 0 Å². The van der Waals surface area contributed by atoms with Crippen LogP contribution in [0.2, 0.25) is 0 Å². The molecule has 2 heterocycles. The van der Waals surface area contributed by atoms with E-state index in [4.69, 9.17) is 18.9 Å². The van der Waals surface area contributed by atoms with Crippen molar-refractivity contribution in [2.45, 2.75) is 39.5 Å². The molecular weight excluding hydrogens is 512 g/mol. The second-order valence-corrected chi connectivity index (χ2v) is 10.4. The standard InChI is InChI=1S/C30H36N4O6/c1-30(2,3)40-27(35)16-31-14-23-25(38-6)12-20(13-26(23)39-7)24-18-33(4)29(36)28-22(24)15-32-34(28)17-19-8-10-21(37-5)11-9-19/h8-13,15,18,31H,14,16-17H2,1-7H3. The van der Waals surface area contributed by atoms with Crippen molar-refractivity contribution in [3.63, 3.8) is 0 Å². The van der Waals surface area contributed by atoms with Crippen LogP contribution in [0.25, 0.3) is 22.0 Å². The van der Waals surface area contributed by atoms with Gasteiger partial charge < -0.3 is 28.8 Å². The zero-order valence-corrected chi connectivity index (χ0v) is 24.0. The Labute approximate surface area is 233 Å². The van der Waals surface area contributed by atoms with E-state index in [0.717, 1.165) is 33.4 Å². The number of carbonyl (C=O) groups excluding carboxylic acids is 1. The summed E-state index contributed by atoms with van der Waals surface area (Å²) >= 11 is 0. The van der Waals surface area contributed by atoms with E-state index in [2.05, 4.69) is 10.4 Å². The van der Waals surface area contributed by atoms with Gasteiger partial charge in [0.05, 0.1) is 40.6 Å². The van der Waals surface area contributed by atoms with Crippen LogP contribution in [0.4, 0.5) is 0 Å². The number of methoxy groups -OCH3 is 3.